The standard InChI is InChI=1S/C11H21N3/c1-8(11(3,4)5)7-14-9(2)10(12)6-13-14/h6,8H,7,12H2,1-5H3. The maximum Gasteiger partial charge on any atom is 0.0730 e. The smallest absolute Gasteiger partial charge is 0.0730 e. The second-order valence-electron chi connectivity index (χ2n) is 5.13. The van der Waals surface area contributed by atoms with Gasteiger partial charge in [-0.3, -0.25) is 4.68 Å². The van der Waals surface area contributed by atoms with Crippen LogP contribution in [0.3, 0.4) is 0 Å². The summed E-state index contributed by atoms with van der Waals surface area (Å²) in [5.74, 6) is 0.584. The van der Waals surface area contributed by atoms with Gasteiger partial charge in [0.2, 0.25) is 0 Å². The Morgan fingerprint density at radius 1 is 1.50 bits per heavy atom. The maximum absolute atomic E-state index is 5.74. The largest absolute Gasteiger partial charge is 0.396 e. The Labute approximate surface area is 86.3 Å². The second-order valence-corrected chi connectivity index (χ2v) is 5.13. The van der Waals surface area contributed by atoms with Gasteiger partial charge < -0.3 is 5.73 Å². The van der Waals surface area contributed by atoms with Crippen LogP contribution in [-0.2, 0) is 6.54 Å². The van der Waals surface area contributed by atoms with Crippen molar-refractivity contribution in [2.75, 3.05) is 5.73 Å². The van der Waals surface area contributed by atoms with Gasteiger partial charge in [0.15, 0.2) is 0 Å². The molecule has 1 rings (SSSR count). The molecule has 0 bridgehead atoms. The molecule has 0 aliphatic rings. The van der Waals surface area contributed by atoms with Crippen molar-refractivity contribution in [2.24, 2.45) is 11.3 Å². The number of nitrogens with two attached hydrogens (primary N) is 1. The first-order valence-electron chi connectivity index (χ1n) is 5.10. The van der Waals surface area contributed by atoms with E-state index in [1.807, 2.05) is 11.6 Å². The van der Waals surface area contributed by atoms with Crippen molar-refractivity contribution in [3.63, 3.8) is 0 Å². The highest BCUT2D eigenvalue weighted by molar-refractivity contribution is 5.39. The summed E-state index contributed by atoms with van der Waals surface area (Å²) in [4.78, 5) is 0. The molecule has 0 radical (unpaired) electrons. The molecule has 1 atom stereocenters. The van der Waals surface area contributed by atoms with Crippen LogP contribution >= 0.6 is 0 Å². The lowest BCUT2D eigenvalue weighted by atomic mass is 9.82. The van der Waals surface area contributed by atoms with E-state index in [1.165, 1.54) is 0 Å². The SMILES string of the molecule is Cc1c(N)cnn1CC(C)C(C)(C)C. The van der Waals surface area contributed by atoms with Crippen molar-refractivity contribution in [3.8, 4) is 0 Å². The van der Waals surface area contributed by atoms with Gasteiger partial charge in [0, 0.05) is 6.54 Å². The predicted octanol–water partition coefficient (Wildman–Crippen LogP) is 2.46. The molecule has 0 saturated heterocycles. The van der Waals surface area contributed by atoms with Gasteiger partial charge in [-0.25, -0.2) is 0 Å². The summed E-state index contributed by atoms with van der Waals surface area (Å²) in [5.41, 5.74) is 7.91. The van der Waals surface area contributed by atoms with Gasteiger partial charge in [-0.2, -0.15) is 5.10 Å². The van der Waals surface area contributed by atoms with Crippen LogP contribution in [0.4, 0.5) is 5.69 Å². The summed E-state index contributed by atoms with van der Waals surface area (Å²) in [6, 6.07) is 0. The molecule has 2 N–H and O–H groups in total. The Morgan fingerprint density at radius 2 is 2.07 bits per heavy atom. The molecule has 3 nitrogen and oxygen atoms in total. The van der Waals surface area contributed by atoms with Crippen LogP contribution in [0.5, 0.6) is 0 Å². The van der Waals surface area contributed by atoms with Crippen molar-refractivity contribution in [1.29, 1.82) is 0 Å². The molecule has 1 unspecified atom stereocenters. The number of nitrogens with zero attached hydrogens (tertiary/aromatic N) is 2. The van der Waals surface area contributed by atoms with Crippen molar-refractivity contribution in [1.82, 2.24) is 9.78 Å². The minimum atomic E-state index is 0.313. The van der Waals surface area contributed by atoms with Crippen LogP contribution in [0.15, 0.2) is 6.20 Å². The van der Waals surface area contributed by atoms with Gasteiger partial charge in [0.05, 0.1) is 17.6 Å². The van der Waals surface area contributed by atoms with Crippen LogP contribution in [0.25, 0.3) is 0 Å². The number of anilines is 1. The highest BCUT2D eigenvalue weighted by Crippen LogP contribution is 2.27. The zero-order chi connectivity index (χ0) is 10.9. The fourth-order valence-corrected chi connectivity index (χ4v) is 1.18. The summed E-state index contributed by atoms with van der Waals surface area (Å²) in [7, 11) is 0. The van der Waals surface area contributed by atoms with E-state index in [-0.39, 0.29) is 0 Å². The minimum Gasteiger partial charge on any atom is -0.396 e. The first-order valence-corrected chi connectivity index (χ1v) is 5.10. The van der Waals surface area contributed by atoms with Crippen LogP contribution in [0, 0.1) is 18.3 Å². The molecule has 0 amide bonds. The van der Waals surface area contributed by atoms with Crippen LogP contribution in [-0.4, -0.2) is 9.78 Å². The summed E-state index contributed by atoms with van der Waals surface area (Å²) in [6.45, 7) is 11.9. The van der Waals surface area contributed by atoms with E-state index in [4.69, 9.17) is 5.73 Å². The molecule has 1 aromatic rings. The van der Waals surface area contributed by atoms with Gasteiger partial charge >= 0.3 is 0 Å². The van der Waals surface area contributed by atoms with Crippen LogP contribution < -0.4 is 5.73 Å². The first kappa shape index (κ1) is 11.1. The van der Waals surface area contributed by atoms with E-state index in [2.05, 4.69) is 32.8 Å². The first-order chi connectivity index (χ1) is 6.32. The molecular formula is C11H21N3. The van der Waals surface area contributed by atoms with E-state index in [0.29, 0.717) is 11.3 Å². The molecule has 1 aromatic heterocycles. The van der Waals surface area contributed by atoms with E-state index in [9.17, 15) is 0 Å². The summed E-state index contributed by atoms with van der Waals surface area (Å²) < 4.78 is 1.99. The van der Waals surface area contributed by atoms with E-state index in [0.717, 1.165) is 17.9 Å². The lowest BCUT2D eigenvalue weighted by molar-refractivity contribution is 0.224. The summed E-state index contributed by atoms with van der Waals surface area (Å²) >= 11 is 0. The molecular weight excluding hydrogens is 174 g/mol. The van der Waals surface area contributed by atoms with Gasteiger partial charge in [-0.05, 0) is 18.3 Å². The highest BCUT2D eigenvalue weighted by atomic mass is 15.3. The zero-order valence-corrected chi connectivity index (χ0v) is 9.83. The number of nitrogen functional groups attached to an aromatic ring is 1. The topological polar surface area (TPSA) is 43.8 Å². The quantitative estimate of drug-likeness (QED) is 0.787. The fourth-order valence-electron chi connectivity index (χ4n) is 1.18. The van der Waals surface area contributed by atoms with E-state index >= 15 is 0 Å². The van der Waals surface area contributed by atoms with Crippen molar-refractivity contribution >= 4 is 5.69 Å². The molecule has 3 heteroatoms. The van der Waals surface area contributed by atoms with E-state index in [1.54, 1.807) is 6.20 Å². The average molecular weight is 195 g/mol. The Bertz CT molecular complexity index is 307. The van der Waals surface area contributed by atoms with Crippen LogP contribution in [0.2, 0.25) is 0 Å². The number of hydrogen-bond donors (Lipinski definition) is 1. The molecule has 0 spiro atoms. The molecule has 0 aliphatic carbocycles. The lowest BCUT2D eigenvalue weighted by Crippen LogP contribution is -2.23. The van der Waals surface area contributed by atoms with Crippen LogP contribution in [0.1, 0.15) is 33.4 Å². The molecule has 0 aliphatic heterocycles. The van der Waals surface area contributed by atoms with Crippen molar-refractivity contribution < 1.29 is 0 Å². The van der Waals surface area contributed by atoms with Gasteiger partial charge in [-0.15, -0.1) is 0 Å². The Morgan fingerprint density at radius 3 is 2.43 bits per heavy atom. The second kappa shape index (κ2) is 3.64. The Kier molecular flexibility index (Phi) is 2.88. The fraction of sp³-hybridized carbons (Fsp3) is 0.727. The zero-order valence-electron chi connectivity index (χ0n) is 9.83. The predicted molar refractivity (Wildman–Crippen MR) is 60.0 cm³/mol. The highest BCUT2D eigenvalue weighted by Gasteiger charge is 2.21. The third-order valence-electron chi connectivity index (χ3n) is 3.07. The monoisotopic (exact) mass is 195 g/mol. The molecule has 1 heterocycles. The normalized spacial score (nSPS) is 14.4. The Balaban J connectivity index is 2.75. The molecule has 0 saturated carbocycles. The number of aromatic nitrogens is 2. The lowest BCUT2D eigenvalue weighted by Gasteiger charge is -2.27. The third kappa shape index (κ3) is 2.28. The minimum absolute atomic E-state index is 0.313. The third-order valence-corrected chi connectivity index (χ3v) is 3.07. The maximum atomic E-state index is 5.74. The summed E-state index contributed by atoms with van der Waals surface area (Å²) in [5, 5.41) is 4.26. The number of hydrogen-bond acceptors (Lipinski definition) is 2. The number of rotatable bonds is 2. The Hall–Kier alpha value is -0.990. The van der Waals surface area contributed by atoms with Gasteiger partial charge in [0.1, 0.15) is 0 Å². The molecule has 0 aromatic carbocycles. The van der Waals surface area contributed by atoms with Gasteiger partial charge in [-0.1, -0.05) is 27.7 Å². The molecule has 80 valence electrons. The average Bonchev–Trinajstić information content (AvgIpc) is 2.34. The summed E-state index contributed by atoms with van der Waals surface area (Å²) in [6.07, 6.45) is 1.73. The van der Waals surface area contributed by atoms with E-state index < -0.39 is 0 Å². The molecule has 14 heavy (non-hydrogen) atoms. The van der Waals surface area contributed by atoms with Gasteiger partial charge in [0.25, 0.3) is 0 Å². The van der Waals surface area contributed by atoms with Crippen molar-refractivity contribution in [3.05, 3.63) is 11.9 Å². The van der Waals surface area contributed by atoms with Crippen molar-refractivity contribution in [2.45, 2.75) is 41.2 Å². The molecule has 0 fully saturated rings.